The van der Waals surface area contributed by atoms with E-state index in [1.165, 1.54) is 4.70 Å². The molecule has 0 spiro atoms. The first-order valence-corrected chi connectivity index (χ1v) is 10.5. The average Bonchev–Trinajstić information content (AvgIpc) is 3.16. The van der Waals surface area contributed by atoms with Crippen molar-refractivity contribution in [2.24, 2.45) is 0 Å². The van der Waals surface area contributed by atoms with Gasteiger partial charge in [0.05, 0.1) is 17.3 Å². The molecule has 6 heteroatoms. The predicted molar refractivity (Wildman–Crippen MR) is 117 cm³/mol. The first-order valence-electron chi connectivity index (χ1n) is 8.74. The number of benzene rings is 3. The van der Waals surface area contributed by atoms with E-state index in [2.05, 4.69) is 16.4 Å². The average molecular weight is 407 g/mol. The van der Waals surface area contributed by atoms with Crippen molar-refractivity contribution in [3.8, 4) is 5.75 Å². The maximum Gasteiger partial charge on any atom is 0.255 e. The lowest BCUT2D eigenvalue weighted by molar-refractivity contribution is 0.102. The number of ether oxygens (including phenoxy) is 1. The number of thiazole rings is 1. The standard InChI is InChI=1S/C22H18N2O2S2/c1-26-18-12-10-17(11-13-18)23-21(25)16-8-6-15(7-9-16)14-27-22-24-19-4-2-3-5-20(19)28-22/h2-13H,14H2,1H3,(H,23,25). The van der Waals surface area contributed by atoms with Gasteiger partial charge < -0.3 is 10.1 Å². The van der Waals surface area contributed by atoms with Gasteiger partial charge in [-0.1, -0.05) is 36.0 Å². The van der Waals surface area contributed by atoms with Crippen LogP contribution < -0.4 is 10.1 Å². The fraction of sp³-hybridized carbons (Fsp3) is 0.0909. The van der Waals surface area contributed by atoms with E-state index in [0.29, 0.717) is 5.56 Å². The summed E-state index contributed by atoms with van der Waals surface area (Å²) in [5.41, 5.74) is 3.57. The minimum Gasteiger partial charge on any atom is -0.497 e. The molecular weight excluding hydrogens is 388 g/mol. The molecule has 1 aromatic heterocycles. The van der Waals surface area contributed by atoms with E-state index in [1.807, 2.05) is 66.7 Å². The van der Waals surface area contributed by atoms with Crippen LogP contribution in [0.5, 0.6) is 5.75 Å². The van der Waals surface area contributed by atoms with Crippen LogP contribution in [0.3, 0.4) is 0 Å². The number of methoxy groups -OCH3 is 1. The number of thioether (sulfide) groups is 1. The summed E-state index contributed by atoms with van der Waals surface area (Å²) in [6, 6.07) is 23.1. The Balaban J connectivity index is 1.36. The third kappa shape index (κ3) is 4.35. The van der Waals surface area contributed by atoms with Crippen molar-refractivity contribution in [3.63, 3.8) is 0 Å². The number of rotatable bonds is 6. The van der Waals surface area contributed by atoms with Crippen molar-refractivity contribution in [1.29, 1.82) is 0 Å². The first-order chi connectivity index (χ1) is 13.7. The van der Waals surface area contributed by atoms with Crippen LogP contribution in [0.25, 0.3) is 10.2 Å². The van der Waals surface area contributed by atoms with Crippen LogP contribution >= 0.6 is 23.1 Å². The smallest absolute Gasteiger partial charge is 0.255 e. The van der Waals surface area contributed by atoms with Crippen LogP contribution in [0, 0.1) is 0 Å². The maximum absolute atomic E-state index is 12.4. The maximum atomic E-state index is 12.4. The summed E-state index contributed by atoms with van der Waals surface area (Å²) in [5, 5.41) is 2.89. The molecule has 28 heavy (non-hydrogen) atoms. The van der Waals surface area contributed by atoms with Crippen molar-refractivity contribution >= 4 is 44.9 Å². The molecular formula is C22H18N2O2S2. The summed E-state index contributed by atoms with van der Waals surface area (Å²) in [4.78, 5) is 17.0. The zero-order valence-electron chi connectivity index (χ0n) is 15.2. The van der Waals surface area contributed by atoms with Gasteiger partial charge in [-0.25, -0.2) is 4.98 Å². The molecule has 3 aromatic carbocycles. The van der Waals surface area contributed by atoms with E-state index in [9.17, 15) is 4.79 Å². The minimum atomic E-state index is -0.129. The van der Waals surface area contributed by atoms with E-state index < -0.39 is 0 Å². The largest absolute Gasteiger partial charge is 0.497 e. The molecule has 140 valence electrons. The van der Waals surface area contributed by atoms with Crippen molar-refractivity contribution < 1.29 is 9.53 Å². The SMILES string of the molecule is COc1ccc(NC(=O)c2ccc(CSc3nc4ccccc4s3)cc2)cc1. The second-order valence-electron chi connectivity index (χ2n) is 6.12. The molecule has 0 saturated carbocycles. The zero-order chi connectivity index (χ0) is 19.3. The summed E-state index contributed by atoms with van der Waals surface area (Å²) in [5.74, 6) is 1.45. The second-order valence-corrected chi connectivity index (χ2v) is 8.37. The predicted octanol–water partition coefficient (Wildman–Crippen LogP) is 5.85. The third-order valence-corrected chi connectivity index (χ3v) is 6.45. The molecule has 0 aliphatic carbocycles. The Bertz CT molecular complexity index is 1060. The van der Waals surface area contributed by atoms with E-state index in [-0.39, 0.29) is 5.91 Å². The number of para-hydroxylation sites is 1. The zero-order valence-corrected chi connectivity index (χ0v) is 16.8. The van der Waals surface area contributed by atoms with Gasteiger partial charge in [0.1, 0.15) is 5.75 Å². The lowest BCUT2D eigenvalue weighted by Crippen LogP contribution is -2.11. The van der Waals surface area contributed by atoms with Gasteiger partial charge >= 0.3 is 0 Å². The molecule has 1 heterocycles. The van der Waals surface area contributed by atoms with Crippen LogP contribution in [0.15, 0.2) is 77.1 Å². The number of hydrogen-bond donors (Lipinski definition) is 1. The molecule has 1 N–H and O–H groups in total. The number of aromatic nitrogens is 1. The van der Waals surface area contributed by atoms with Gasteiger partial charge in [0.2, 0.25) is 0 Å². The molecule has 0 saturated heterocycles. The highest BCUT2D eigenvalue weighted by Crippen LogP contribution is 2.31. The van der Waals surface area contributed by atoms with Gasteiger partial charge in [0.15, 0.2) is 4.34 Å². The van der Waals surface area contributed by atoms with Crippen LogP contribution in [0.1, 0.15) is 15.9 Å². The topological polar surface area (TPSA) is 51.2 Å². The second kappa shape index (κ2) is 8.46. The van der Waals surface area contributed by atoms with E-state index >= 15 is 0 Å². The summed E-state index contributed by atoms with van der Waals surface area (Å²) in [7, 11) is 1.62. The molecule has 0 fully saturated rings. The molecule has 0 aliphatic rings. The number of anilines is 1. The Hall–Kier alpha value is -2.83. The van der Waals surface area contributed by atoms with E-state index in [4.69, 9.17) is 4.74 Å². The fourth-order valence-corrected chi connectivity index (χ4v) is 4.71. The molecule has 4 nitrogen and oxygen atoms in total. The van der Waals surface area contributed by atoms with Gasteiger partial charge in [0, 0.05) is 17.0 Å². The quantitative estimate of drug-likeness (QED) is 0.408. The molecule has 4 aromatic rings. The number of nitrogens with zero attached hydrogens (tertiary/aromatic N) is 1. The lowest BCUT2D eigenvalue weighted by atomic mass is 10.1. The Morgan fingerprint density at radius 1 is 1.04 bits per heavy atom. The van der Waals surface area contributed by atoms with Gasteiger partial charge in [-0.05, 0) is 54.1 Å². The van der Waals surface area contributed by atoms with Crippen molar-refractivity contribution in [3.05, 3.63) is 83.9 Å². The van der Waals surface area contributed by atoms with Gasteiger partial charge in [0.25, 0.3) is 5.91 Å². The van der Waals surface area contributed by atoms with E-state index in [0.717, 1.165) is 32.6 Å². The van der Waals surface area contributed by atoms with Crippen LogP contribution in [0.4, 0.5) is 5.69 Å². The number of hydrogen-bond acceptors (Lipinski definition) is 5. The van der Waals surface area contributed by atoms with Gasteiger partial charge in [-0.2, -0.15) is 0 Å². The van der Waals surface area contributed by atoms with E-state index in [1.54, 1.807) is 30.2 Å². The minimum absolute atomic E-state index is 0.129. The highest BCUT2D eigenvalue weighted by atomic mass is 32.2. The Morgan fingerprint density at radius 3 is 2.50 bits per heavy atom. The normalized spacial score (nSPS) is 10.8. The van der Waals surface area contributed by atoms with Crippen LogP contribution in [-0.4, -0.2) is 18.0 Å². The van der Waals surface area contributed by atoms with Crippen molar-refractivity contribution in [2.45, 2.75) is 10.1 Å². The fourth-order valence-electron chi connectivity index (χ4n) is 2.69. The number of amides is 1. The highest BCUT2D eigenvalue weighted by Gasteiger charge is 2.08. The summed E-state index contributed by atoms with van der Waals surface area (Å²) >= 11 is 3.42. The highest BCUT2D eigenvalue weighted by molar-refractivity contribution is 8.00. The molecule has 0 radical (unpaired) electrons. The molecule has 4 rings (SSSR count). The summed E-state index contributed by atoms with van der Waals surface area (Å²) in [6.45, 7) is 0. The molecule has 0 aliphatic heterocycles. The summed E-state index contributed by atoms with van der Waals surface area (Å²) in [6.07, 6.45) is 0. The molecule has 0 bridgehead atoms. The van der Waals surface area contributed by atoms with Gasteiger partial charge in [-0.3, -0.25) is 4.79 Å². The number of carbonyl (C=O) groups is 1. The van der Waals surface area contributed by atoms with Crippen LogP contribution in [0.2, 0.25) is 0 Å². The summed E-state index contributed by atoms with van der Waals surface area (Å²) < 4.78 is 7.39. The lowest BCUT2D eigenvalue weighted by Gasteiger charge is -2.07. The Kier molecular flexibility index (Phi) is 5.60. The van der Waals surface area contributed by atoms with Crippen molar-refractivity contribution in [1.82, 2.24) is 4.98 Å². The molecule has 0 atom stereocenters. The Labute approximate surface area is 171 Å². The monoisotopic (exact) mass is 406 g/mol. The third-order valence-electron chi connectivity index (χ3n) is 4.20. The first kappa shape index (κ1) is 18.5. The van der Waals surface area contributed by atoms with Gasteiger partial charge in [-0.15, -0.1) is 11.3 Å². The Morgan fingerprint density at radius 2 is 1.79 bits per heavy atom. The molecule has 1 amide bonds. The van der Waals surface area contributed by atoms with Crippen LogP contribution in [-0.2, 0) is 5.75 Å². The number of fused-ring (bicyclic) bond motifs is 1. The molecule has 0 unspecified atom stereocenters. The number of nitrogens with one attached hydrogen (secondary N) is 1. The number of carbonyl (C=O) groups excluding carboxylic acids is 1. The van der Waals surface area contributed by atoms with Crippen molar-refractivity contribution in [2.75, 3.05) is 12.4 Å².